The lowest BCUT2D eigenvalue weighted by Crippen LogP contribution is -2.12. The summed E-state index contributed by atoms with van der Waals surface area (Å²) in [7, 11) is 0. The summed E-state index contributed by atoms with van der Waals surface area (Å²) in [6, 6.07) is 0.467. The molecule has 0 aromatic carbocycles. The first kappa shape index (κ1) is 12.4. The maximum Gasteiger partial charge on any atom is 0.224 e. The monoisotopic (exact) mass is 254 g/mol. The molecule has 2 N–H and O–H groups in total. The Morgan fingerprint density at radius 2 is 2.24 bits per heavy atom. The lowest BCUT2D eigenvalue weighted by Gasteiger charge is -2.10. The van der Waals surface area contributed by atoms with E-state index in [1.807, 2.05) is 0 Å². The molecule has 0 radical (unpaired) electrons. The first-order valence-electron chi connectivity index (χ1n) is 6.06. The van der Waals surface area contributed by atoms with Crippen molar-refractivity contribution in [2.75, 3.05) is 17.2 Å². The highest BCUT2D eigenvalue weighted by Gasteiger charge is 2.46. The summed E-state index contributed by atoms with van der Waals surface area (Å²) in [5, 5.41) is 7.10. The van der Waals surface area contributed by atoms with Crippen LogP contribution in [0.3, 0.4) is 0 Å². The van der Waals surface area contributed by atoms with E-state index in [4.69, 9.17) is 11.6 Å². The molecule has 1 atom stereocenters. The van der Waals surface area contributed by atoms with Gasteiger partial charge in [-0.1, -0.05) is 32.4 Å². The number of nitrogens with zero attached hydrogens (tertiary/aromatic N) is 2. The Bertz CT molecular complexity index is 405. The lowest BCUT2D eigenvalue weighted by atomic mass is 10.2. The number of nitrogens with one attached hydrogen (secondary N) is 2. The van der Waals surface area contributed by atoms with E-state index in [0.29, 0.717) is 22.4 Å². The molecule has 1 aliphatic rings. The van der Waals surface area contributed by atoms with E-state index in [9.17, 15) is 0 Å². The average molecular weight is 255 g/mol. The van der Waals surface area contributed by atoms with Crippen LogP contribution in [0.4, 0.5) is 11.8 Å². The van der Waals surface area contributed by atoms with Gasteiger partial charge in [-0.2, -0.15) is 4.98 Å². The zero-order chi connectivity index (χ0) is 12.5. The van der Waals surface area contributed by atoms with E-state index in [0.717, 1.165) is 25.2 Å². The minimum Gasteiger partial charge on any atom is -0.365 e. The van der Waals surface area contributed by atoms with E-state index < -0.39 is 0 Å². The highest BCUT2D eigenvalue weighted by atomic mass is 35.5. The molecule has 0 saturated heterocycles. The number of halogens is 1. The zero-order valence-electron chi connectivity index (χ0n) is 10.5. The van der Waals surface area contributed by atoms with E-state index >= 15 is 0 Å². The molecule has 1 aromatic heterocycles. The fourth-order valence-corrected chi connectivity index (χ4v) is 1.81. The third-order valence-corrected chi connectivity index (χ3v) is 3.38. The second kappa shape index (κ2) is 4.69. The summed E-state index contributed by atoms with van der Waals surface area (Å²) in [5.41, 5.74) is 0.352. The molecular formula is C12H19ClN4. The van der Waals surface area contributed by atoms with Crippen LogP contribution in [-0.4, -0.2) is 22.6 Å². The number of rotatable bonds is 5. The number of aromatic nitrogens is 2. The van der Waals surface area contributed by atoms with Crippen molar-refractivity contribution in [1.82, 2.24) is 9.97 Å². The van der Waals surface area contributed by atoms with Gasteiger partial charge in [-0.3, -0.25) is 0 Å². The van der Waals surface area contributed by atoms with Gasteiger partial charge in [0.1, 0.15) is 5.02 Å². The normalized spacial score (nSPS) is 21.1. The minimum atomic E-state index is 0.352. The van der Waals surface area contributed by atoms with Crippen molar-refractivity contribution in [1.29, 1.82) is 0 Å². The Morgan fingerprint density at radius 3 is 2.82 bits per heavy atom. The molecule has 1 fully saturated rings. The van der Waals surface area contributed by atoms with Gasteiger partial charge in [0, 0.05) is 12.6 Å². The van der Waals surface area contributed by atoms with E-state index in [2.05, 4.69) is 41.4 Å². The molecule has 0 amide bonds. The topological polar surface area (TPSA) is 49.8 Å². The lowest BCUT2D eigenvalue weighted by molar-refractivity contribution is 0.630. The molecule has 5 heteroatoms. The smallest absolute Gasteiger partial charge is 0.224 e. The maximum absolute atomic E-state index is 6.08. The molecule has 0 bridgehead atoms. The summed E-state index contributed by atoms with van der Waals surface area (Å²) in [6.07, 6.45) is 3.85. The summed E-state index contributed by atoms with van der Waals surface area (Å²) in [6.45, 7) is 7.44. The Morgan fingerprint density at radius 1 is 1.53 bits per heavy atom. The van der Waals surface area contributed by atoms with Crippen LogP contribution < -0.4 is 10.6 Å². The first-order valence-corrected chi connectivity index (χ1v) is 6.43. The molecule has 0 aliphatic heterocycles. The van der Waals surface area contributed by atoms with Gasteiger partial charge >= 0.3 is 0 Å². The molecule has 1 aliphatic carbocycles. The average Bonchev–Trinajstić information content (AvgIpc) is 2.87. The molecule has 94 valence electrons. The Balaban J connectivity index is 2.05. The number of hydrogen-bond acceptors (Lipinski definition) is 4. The molecule has 2 rings (SSSR count). The van der Waals surface area contributed by atoms with Crippen LogP contribution in [0.25, 0.3) is 0 Å². The third kappa shape index (κ3) is 3.00. The zero-order valence-corrected chi connectivity index (χ0v) is 11.3. The molecule has 1 unspecified atom stereocenters. The molecule has 1 saturated carbocycles. The largest absolute Gasteiger partial charge is 0.365 e. The van der Waals surface area contributed by atoms with Gasteiger partial charge in [-0.25, -0.2) is 4.98 Å². The fraction of sp³-hybridized carbons (Fsp3) is 0.667. The summed E-state index contributed by atoms with van der Waals surface area (Å²) >= 11 is 6.08. The van der Waals surface area contributed by atoms with Gasteiger partial charge in [0.25, 0.3) is 0 Å². The molecular weight excluding hydrogens is 236 g/mol. The predicted octanol–water partition coefficient (Wildman–Crippen LogP) is 3.16. The van der Waals surface area contributed by atoms with Crippen molar-refractivity contribution in [3.63, 3.8) is 0 Å². The van der Waals surface area contributed by atoms with Gasteiger partial charge in [0.15, 0.2) is 5.82 Å². The quantitative estimate of drug-likeness (QED) is 0.848. The summed E-state index contributed by atoms with van der Waals surface area (Å²) < 4.78 is 0. The molecule has 4 nitrogen and oxygen atoms in total. The fourth-order valence-electron chi connectivity index (χ4n) is 1.67. The SMILES string of the molecule is CCCNc1ncc(Cl)c(NC2CC2(C)C)n1. The molecule has 1 aromatic rings. The number of hydrogen-bond donors (Lipinski definition) is 2. The standard InChI is InChI=1S/C12H19ClN4/c1-4-5-14-11-15-7-8(13)10(17-11)16-9-6-12(9,2)3/h7,9H,4-6H2,1-3H3,(H2,14,15,16,17). The van der Waals surface area contributed by atoms with E-state index in [-0.39, 0.29) is 0 Å². The van der Waals surface area contributed by atoms with Gasteiger partial charge in [-0.15, -0.1) is 0 Å². The van der Waals surface area contributed by atoms with Crippen LogP contribution >= 0.6 is 11.6 Å². The van der Waals surface area contributed by atoms with Crippen LogP contribution in [0, 0.1) is 5.41 Å². The second-order valence-electron chi connectivity index (χ2n) is 5.21. The Kier molecular flexibility index (Phi) is 3.43. The Labute approximate surface area is 107 Å². The summed E-state index contributed by atoms with van der Waals surface area (Å²) in [4.78, 5) is 8.54. The third-order valence-electron chi connectivity index (χ3n) is 3.10. The Hall–Kier alpha value is -1.03. The maximum atomic E-state index is 6.08. The van der Waals surface area contributed by atoms with Gasteiger partial charge in [0.2, 0.25) is 5.95 Å². The van der Waals surface area contributed by atoms with Crippen LogP contribution in [0.15, 0.2) is 6.20 Å². The van der Waals surface area contributed by atoms with Crippen molar-refractivity contribution in [3.05, 3.63) is 11.2 Å². The van der Waals surface area contributed by atoms with Crippen molar-refractivity contribution >= 4 is 23.4 Å². The highest BCUT2D eigenvalue weighted by Crippen LogP contribution is 2.46. The van der Waals surface area contributed by atoms with Crippen LogP contribution in [0.5, 0.6) is 0 Å². The van der Waals surface area contributed by atoms with Crippen LogP contribution in [0.2, 0.25) is 5.02 Å². The van der Waals surface area contributed by atoms with Crippen LogP contribution in [0.1, 0.15) is 33.6 Å². The van der Waals surface area contributed by atoms with Crippen molar-refractivity contribution in [3.8, 4) is 0 Å². The van der Waals surface area contributed by atoms with Gasteiger partial charge < -0.3 is 10.6 Å². The minimum absolute atomic E-state index is 0.352. The van der Waals surface area contributed by atoms with Crippen molar-refractivity contribution in [2.24, 2.45) is 5.41 Å². The molecule has 17 heavy (non-hydrogen) atoms. The van der Waals surface area contributed by atoms with Crippen LogP contribution in [-0.2, 0) is 0 Å². The van der Waals surface area contributed by atoms with Crippen molar-refractivity contribution in [2.45, 2.75) is 39.7 Å². The summed E-state index contributed by atoms with van der Waals surface area (Å²) in [5.74, 6) is 1.37. The first-order chi connectivity index (χ1) is 8.03. The molecule has 0 spiro atoms. The van der Waals surface area contributed by atoms with Crippen molar-refractivity contribution < 1.29 is 0 Å². The highest BCUT2D eigenvalue weighted by molar-refractivity contribution is 6.32. The van der Waals surface area contributed by atoms with Gasteiger partial charge in [-0.05, 0) is 18.3 Å². The van der Waals surface area contributed by atoms with E-state index in [1.54, 1.807) is 6.20 Å². The van der Waals surface area contributed by atoms with E-state index in [1.165, 1.54) is 0 Å². The number of anilines is 2. The molecule has 1 heterocycles. The predicted molar refractivity (Wildman–Crippen MR) is 71.6 cm³/mol. The van der Waals surface area contributed by atoms with Gasteiger partial charge in [0.05, 0.1) is 6.20 Å². The second-order valence-corrected chi connectivity index (χ2v) is 5.61.